The summed E-state index contributed by atoms with van der Waals surface area (Å²) in [5, 5.41) is 2.86. The highest BCUT2D eigenvalue weighted by Gasteiger charge is 2.13. The van der Waals surface area contributed by atoms with E-state index in [2.05, 4.69) is 26.1 Å². The summed E-state index contributed by atoms with van der Waals surface area (Å²) in [6, 6.07) is 0. The zero-order chi connectivity index (χ0) is 11.9. The van der Waals surface area contributed by atoms with Crippen molar-refractivity contribution in [3.05, 3.63) is 0 Å². The van der Waals surface area contributed by atoms with Crippen LogP contribution in [0.3, 0.4) is 0 Å². The summed E-state index contributed by atoms with van der Waals surface area (Å²) in [6.45, 7) is 11.4. The maximum Gasteiger partial charge on any atom is 0.248 e. The van der Waals surface area contributed by atoms with E-state index in [-0.39, 0.29) is 16.8 Å². The Bertz CT molecular complexity index is 190. The summed E-state index contributed by atoms with van der Waals surface area (Å²) in [7, 11) is 0. The Morgan fingerprint density at radius 3 is 2.53 bits per heavy atom. The van der Waals surface area contributed by atoms with Gasteiger partial charge < -0.3 is 10.1 Å². The highest BCUT2D eigenvalue weighted by molar-refractivity contribution is 8.00. The van der Waals surface area contributed by atoms with Crippen LogP contribution in [0.5, 0.6) is 0 Å². The first-order chi connectivity index (χ1) is 6.87. The van der Waals surface area contributed by atoms with Gasteiger partial charge in [0.25, 0.3) is 0 Å². The lowest BCUT2D eigenvalue weighted by atomic mass is 10.3. The molecule has 4 heteroatoms. The van der Waals surface area contributed by atoms with E-state index >= 15 is 0 Å². The van der Waals surface area contributed by atoms with Crippen molar-refractivity contribution in [1.29, 1.82) is 0 Å². The minimum Gasteiger partial charge on any atom is -0.369 e. The first kappa shape index (κ1) is 14.8. The predicted octanol–water partition coefficient (Wildman–Crippen LogP) is 2.06. The number of hydrogen-bond acceptors (Lipinski definition) is 3. The largest absolute Gasteiger partial charge is 0.369 e. The summed E-state index contributed by atoms with van der Waals surface area (Å²) in [4.78, 5) is 11.4. The van der Waals surface area contributed by atoms with Crippen molar-refractivity contribution in [2.45, 2.75) is 45.5 Å². The fourth-order valence-electron chi connectivity index (χ4n) is 1.00. The number of carbonyl (C=O) groups is 1. The molecule has 0 aromatic rings. The molecule has 90 valence electrons. The fraction of sp³-hybridized carbons (Fsp3) is 0.909. The number of hydrogen-bond donors (Lipinski definition) is 1. The third kappa shape index (κ3) is 8.75. The summed E-state index contributed by atoms with van der Waals surface area (Å²) in [6.07, 6.45) is -0.338. The predicted molar refractivity (Wildman–Crippen MR) is 66.3 cm³/mol. The third-order valence-corrected chi connectivity index (χ3v) is 3.00. The van der Waals surface area contributed by atoms with Crippen molar-refractivity contribution < 1.29 is 9.53 Å². The Hall–Kier alpha value is -0.220. The van der Waals surface area contributed by atoms with Gasteiger partial charge in [-0.2, -0.15) is 11.8 Å². The molecule has 0 aromatic carbocycles. The van der Waals surface area contributed by atoms with E-state index in [0.717, 1.165) is 5.75 Å². The smallest absolute Gasteiger partial charge is 0.248 e. The number of rotatable bonds is 6. The topological polar surface area (TPSA) is 38.3 Å². The first-order valence-electron chi connectivity index (χ1n) is 5.40. The summed E-state index contributed by atoms with van der Waals surface area (Å²) >= 11 is 1.85. The molecule has 0 fully saturated rings. The zero-order valence-corrected chi connectivity index (χ0v) is 11.2. The van der Waals surface area contributed by atoms with Gasteiger partial charge >= 0.3 is 0 Å². The molecule has 1 amide bonds. The average molecular weight is 233 g/mol. The van der Waals surface area contributed by atoms with Crippen LogP contribution >= 0.6 is 11.8 Å². The summed E-state index contributed by atoms with van der Waals surface area (Å²) in [5.74, 6) is 0.917. The molecular weight excluding hydrogens is 210 g/mol. The van der Waals surface area contributed by atoms with Crippen molar-refractivity contribution in [3.8, 4) is 0 Å². The molecule has 0 aliphatic rings. The van der Waals surface area contributed by atoms with Crippen LogP contribution in [0.4, 0.5) is 0 Å². The first-order valence-corrected chi connectivity index (χ1v) is 6.38. The van der Waals surface area contributed by atoms with Crippen LogP contribution in [0.15, 0.2) is 0 Å². The van der Waals surface area contributed by atoms with Gasteiger partial charge in [-0.25, -0.2) is 0 Å². The lowest BCUT2D eigenvalue weighted by molar-refractivity contribution is -0.131. The van der Waals surface area contributed by atoms with Crippen molar-refractivity contribution in [1.82, 2.24) is 5.32 Å². The van der Waals surface area contributed by atoms with Crippen LogP contribution in [0, 0.1) is 0 Å². The molecule has 0 saturated carbocycles. The van der Waals surface area contributed by atoms with Gasteiger partial charge in [-0.1, -0.05) is 20.8 Å². The normalized spacial score (nSPS) is 13.7. The number of thioether (sulfide) groups is 1. The lowest BCUT2D eigenvalue weighted by Gasteiger charge is -2.18. The Balaban J connectivity index is 3.55. The van der Waals surface area contributed by atoms with Gasteiger partial charge in [-0.15, -0.1) is 0 Å². The molecule has 0 bridgehead atoms. The van der Waals surface area contributed by atoms with Gasteiger partial charge in [0.15, 0.2) is 0 Å². The second kappa shape index (κ2) is 7.12. The number of nitrogens with one attached hydrogen (secondary N) is 1. The number of carbonyl (C=O) groups excluding carboxylic acids is 1. The molecule has 0 rings (SSSR count). The van der Waals surface area contributed by atoms with Crippen LogP contribution < -0.4 is 5.32 Å². The van der Waals surface area contributed by atoms with Gasteiger partial charge in [0.1, 0.15) is 6.10 Å². The zero-order valence-electron chi connectivity index (χ0n) is 10.4. The number of amides is 1. The minimum atomic E-state index is -0.338. The van der Waals surface area contributed by atoms with Crippen LogP contribution in [0.25, 0.3) is 0 Å². The number of ether oxygens (including phenoxy) is 1. The molecule has 15 heavy (non-hydrogen) atoms. The Labute approximate surface area is 97.3 Å². The van der Waals surface area contributed by atoms with E-state index < -0.39 is 0 Å². The highest BCUT2D eigenvalue weighted by atomic mass is 32.2. The monoisotopic (exact) mass is 233 g/mol. The molecule has 0 aliphatic carbocycles. The molecule has 0 spiro atoms. The third-order valence-electron chi connectivity index (χ3n) is 1.72. The molecule has 1 N–H and O–H groups in total. The minimum absolute atomic E-state index is 0.0219. The van der Waals surface area contributed by atoms with Gasteiger partial charge in [-0.05, 0) is 13.8 Å². The lowest BCUT2D eigenvalue weighted by Crippen LogP contribution is -2.36. The summed E-state index contributed by atoms with van der Waals surface area (Å²) < 4.78 is 5.44. The van der Waals surface area contributed by atoms with Crippen molar-refractivity contribution in [2.24, 2.45) is 0 Å². The molecule has 0 aliphatic heterocycles. The van der Waals surface area contributed by atoms with E-state index in [1.54, 1.807) is 6.92 Å². The van der Waals surface area contributed by atoms with E-state index in [0.29, 0.717) is 13.2 Å². The maximum atomic E-state index is 11.4. The van der Waals surface area contributed by atoms with E-state index in [9.17, 15) is 4.79 Å². The molecule has 0 aromatic heterocycles. The molecule has 1 atom stereocenters. The standard InChI is InChI=1S/C11H23NO2S/c1-6-14-9(2)10(13)12-7-8-15-11(3,4)5/h9H,6-8H2,1-5H3,(H,12,13). The maximum absolute atomic E-state index is 11.4. The van der Waals surface area contributed by atoms with Crippen LogP contribution in [-0.4, -0.2) is 35.7 Å². The van der Waals surface area contributed by atoms with Crippen LogP contribution in [0.1, 0.15) is 34.6 Å². The Kier molecular flexibility index (Phi) is 7.02. The second-order valence-electron chi connectivity index (χ2n) is 4.35. The molecular formula is C11H23NO2S. The van der Waals surface area contributed by atoms with Crippen LogP contribution in [0.2, 0.25) is 0 Å². The fourth-order valence-corrected chi connectivity index (χ4v) is 1.82. The Morgan fingerprint density at radius 2 is 2.07 bits per heavy atom. The molecule has 0 saturated heterocycles. The molecule has 3 nitrogen and oxygen atoms in total. The second-order valence-corrected chi connectivity index (χ2v) is 6.27. The van der Waals surface area contributed by atoms with Crippen molar-refractivity contribution in [2.75, 3.05) is 18.9 Å². The quantitative estimate of drug-likeness (QED) is 0.714. The van der Waals surface area contributed by atoms with E-state index in [1.165, 1.54) is 0 Å². The molecule has 0 radical (unpaired) electrons. The van der Waals surface area contributed by atoms with E-state index in [1.807, 2.05) is 18.7 Å². The van der Waals surface area contributed by atoms with Gasteiger partial charge in [0, 0.05) is 23.7 Å². The average Bonchev–Trinajstić information content (AvgIpc) is 2.11. The molecule has 1 unspecified atom stereocenters. The van der Waals surface area contributed by atoms with Crippen molar-refractivity contribution in [3.63, 3.8) is 0 Å². The van der Waals surface area contributed by atoms with Gasteiger partial charge in [0.2, 0.25) is 5.91 Å². The van der Waals surface area contributed by atoms with Crippen LogP contribution in [-0.2, 0) is 9.53 Å². The summed E-state index contributed by atoms with van der Waals surface area (Å²) in [5.41, 5.74) is 0. The highest BCUT2D eigenvalue weighted by Crippen LogP contribution is 2.21. The van der Waals surface area contributed by atoms with Gasteiger partial charge in [0.05, 0.1) is 0 Å². The SMILES string of the molecule is CCOC(C)C(=O)NCCSC(C)(C)C. The van der Waals surface area contributed by atoms with E-state index in [4.69, 9.17) is 4.74 Å². The molecule has 0 heterocycles. The Morgan fingerprint density at radius 1 is 1.47 bits per heavy atom. The van der Waals surface area contributed by atoms with Crippen molar-refractivity contribution >= 4 is 17.7 Å². The van der Waals surface area contributed by atoms with Gasteiger partial charge in [-0.3, -0.25) is 4.79 Å².